The fourth-order valence-corrected chi connectivity index (χ4v) is 3.38. The standard InChI is InChI=1S/C15H23O4P/c1-12(2)18-20(17,19-13(3)4)15(16)11-10-14-8-6-5-7-9-14/h5-13,15-16H,1-4H3. The summed E-state index contributed by atoms with van der Waals surface area (Å²) in [7, 11) is -3.59. The minimum atomic E-state index is -3.59. The van der Waals surface area contributed by atoms with Crippen LogP contribution in [0, 0.1) is 0 Å². The van der Waals surface area contributed by atoms with Gasteiger partial charge in [0.05, 0.1) is 12.2 Å². The smallest absolute Gasteiger partial charge is 0.363 e. The van der Waals surface area contributed by atoms with E-state index in [4.69, 9.17) is 9.05 Å². The number of hydrogen-bond donors (Lipinski definition) is 1. The Kier molecular flexibility index (Phi) is 6.63. The fraction of sp³-hybridized carbons (Fsp3) is 0.467. The van der Waals surface area contributed by atoms with E-state index in [9.17, 15) is 9.67 Å². The van der Waals surface area contributed by atoms with Gasteiger partial charge in [0.25, 0.3) is 0 Å². The fourth-order valence-electron chi connectivity index (χ4n) is 1.60. The number of hydrogen-bond acceptors (Lipinski definition) is 4. The molecule has 1 aromatic carbocycles. The Balaban J connectivity index is 2.85. The Labute approximate surface area is 121 Å². The maximum absolute atomic E-state index is 12.6. The largest absolute Gasteiger partial charge is 0.377 e. The molecule has 5 heteroatoms. The lowest BCUT2D eigenvalue weighted by Crippen LogP contribution is -2.16. The van der Waals surface area contributed by atoms with Gasteiger partial charge in [-0.15, -0.1) is 0 Å². The summed E-state index contributed by atoms with van der Waals surface area (Å²) in [6.45, 7) is 7.02. The van der Waals surface area contributed by atoms with Gasteiger partial charge in [-0.3, -0.25) is 4.57 Å². The second-order valence-corrected chi connectivity index (χ2v) is 7.06. The first-order valence-electron chi connectivity index (χ1n) is 6.71. The molecule has 0 radical (unpaired) electrons. The van der Waals surface area contributed by atoms with Crippen molar-refractivity contribution in [3.63, 3.8) is 0 Å². The van der Waals surface area contributed by atoms with Crippen LogP contribution in [-0.4, -0.2) is 23.2 Å². The minimum absolute atomic E-state index is 0.292. The predicted molar refractivity (Wildman–Crippen MR) is 81.5 cm³/mol. The Morgan fingerprint density at radius 3 is 2.00 bits per heavy atom. The Hall–Kier alpha value is -0.930. The minimum Gasteiger partial charge on any atom is -0.377 e. The number of aliphatic hydroxyl groups excluding tert-OH is 1. The molecule has 1 aromatic rings. The zero-order valence-corrected chi connectivity index (χ0v) is 13.3. The van der Waals surface area contributed by atoms with Crippen LogP contribution in [0.4, 0.5) is 0 Å². The van der Waals surface area contributed by atoms with E-state index in [0.29, 0.717) is 0 Å². The molecular formula is C15H23O4P. The van der Waals surface area contributed by atoms with Crippen LogP contribution in [0.5, 0.6) is 0 Å². The molecule has 0 aliphatic carbocycles. The molecule has 0 fully saturated rings. The van der Waals surface area contributed by atoms with E-state index in [1.54, 1.807) is 33.8 Å². The third kappa shape index (κ3) is 5.59. The molecule has 1 rings (SSSR count). The monoisotopic (exact) mass is 298 g/mol. The topological polar surface area (TPSA) is 55.8 Å². The molecule has 20 heavy (non-hydrogen) atoms. The number of benzene rings is 1. The van der Waals surface area contributed by atoms with Crippen molar-refractivity contribution in [2.75, 3.05) is 0 Å². The van der Waals surface area contributed by atoms with Crippen molar-refractivity contribution in [3.8, 4) is 0 Å². The summed E-state index contributed by atoms with van der Waals surface area (Å²) in [5, 5.41) is 10.1. The van der Waals surface area contributed by atoms with E-state index in [1.807, 2.05) is 30.3 Å². The quantitative estimate of drug-likeness (QED) is 0.771. The average molecular weight is 298 g/mol. The van der Waals surface area contributed by atoms with Crippen LogP contribution in [0.1, 0.15) is 33.3 Å². The first-order chi connectivity index (χ1) is 9.33. The zero-order valence-electron chi connectivity index (χ0n) is 12.4. The Morgan fingerprint density at radius 1 is 1.05 bits per heavy atom. The zero-order chi connectivity index (χ0) is 15.2. The Bertz CT molecular complexity index is 454. The third-order valence-electron chi connectivity index (χ3n) is 2.30. The van der Waals surface area contributed by atoms with Crippen LogP contribution in [-0.2, 0) is 13.6 Å². The van der Waals surface area contributed by atoms with Gasteiger partial charge < -0.3 is 14.2 Å². The van der Waals surface area contributed by atoms with Crippen molar-refractivity contribution in [1.29, 1.82) is 0 Å². The summed E-state index contributed by atoms with van der Waals surface area (Å²) in [6, 6.07) is 9.46. The maximum Gasteiger partial charge on any atom is 0.363 e. The van der Waals surface area contributed by atoms with E-state index in [2.05, 4.69) is 0 Å². The summed E-state index contributed by atoms with van der Waals surface area (Å²) in [6.07, 6.45) is 2.56. The molecule has 1 unspecified atom stereocenters. The number of rotatable bonds is 7. The van der Waals surface area contributed by atoms with Crippen molar-refractivity contribution < 1.29 is 18.7 Å². The van der Waals surface area contributed by atoms with Gasteiger partial charge in [-0.05, 0) is 39.3 Å². The highest BCUT2D eigenvalue weighted by molar-refractivity contribution is 7.54. The van der Waals surface area contributed by atoms with Crippen molar-refractivity contribution in [2.24, 2.45) is 0 Å². The van der Waals surface area contributed by atoms with Gasteiger partial charge in [0, 0.05) is 0 Å². The van der Waals surface area contributed by atoms with E-state index in [1.165, 1.54) is 6.08 Å². The molecular weight excluding hydrogens is 275 g/mol. The molecule has 0 heterocycles. The first kappa shape index (κ1) is 17.1. The lowest BCUT2D eigenvalue weighted by atomic mass is 10.2. The predicted octanol–water partition coefficient (Wildman–Crippen LogP) is 4.06. The molecule has 0 bridgehead atoms. The lowest BCUT2D eigenvalue weighted by molar-refractivity contribution is 0.113. The maximum atomic E-state index is 12.6. The van der Waals surface area contributed by atoms with Crippen LogP contribution in [0.25, 0.3) is 6.08 Å². The van der Waals surface area contributed by atoms with Crippen molar-refractivity contribution in [1.82, 2.24) is 0 Å². The first-order valence-corrected chi connectivity index (χ1v) is 8.32. The van der Waals surface area contributed by atoms with Gasteiger partial charge in [-0.25, -0.2) is 0 Å². The lowest BCUT2D eigenvalue weighted by Gasteiger charge is -2.25. The summed E-state index contributed by atoms with van der Waals surface area (Å²) in [5.41, 5.74) is 0.909. The molecule has 1 N–H and O–H groups in total. The van der Waals surface area contributed by atoms with E-state index < -0.39 is 13.4 Å². The summed E-state index contributed by atoms with van der Waals surface area (Å²) >= 11 is 0. The van der Waals surface area contributed by atoms with Crippen molar-refractivity contribution in [3.05, 3.63) is 42.0 Å². The molecule has 0 saturated heterocycles. The molecule has 1 atom stereocenters. The highest BCUT2D eigenvalue weighted by Crippen LogP contribution is 2.54. The molecule has 112 valence electrons. The highest BCUT2D eigenvalue weighted by Gasteiger charge is 2.35. The normalized spacial score (nSPS) is 14.3. The third-order valence-corrected chi connectivity index (χ3v) is 4.55. The second kappa shape index (κ2) is 7.75. The van der Waals surface area contributed by atoms with Crippen LogP contribution in [0.2, 0.25) is 0 Å². The van der Waals surface area contributed by atoms with Crippen LogP contribution in [0.15, 0.2) is 36.4 Å². The molecule has 0 amide bonds. The summed E-state index contributed by atoms with van der Waals surface area (Å²) in [5.74, 6) is -1.28. The van der Waals surface area contributed by atoms with E-state index >= 15 is 0 Å². The molecule has 4 nitrogen and oxygen atoms in total. The molecule has 0 saturated carbocycles. The second-order valence-electron chi connectivity index (χ2n) is 5.03. The summed E-state index contributed by atoms with van der Waals surface area (Å²) in [4.78, 5) is 0. The highest BCUT2D eigenvalue weighted by atomic mass is 31.2. The van der Waals surface area contributed by atoms with Crippen molar-refractivity contribution in [2.45, 2.75) is 45.7 Å². The van der Waals surface area contributed by atoms with Gasteiger partial charge in [0.2, 0.25) is 0 Å². The van der Waals surface area contributed by atoms with Crippen LogP contribution < -0.4 is 0 Å². The van der Waals surface area contributed by atoms with Gasteiger partial charge in [-0.2, -0.15) is 0 Å². The van der Waals surface area contributed by atoms with Gasteiger partial charge in [0.15, 0.2) is 5.85 Å². The Morgan fingerprint density at radius 2 is 1.55 bits per heavy atom. The number of aliphatic hydroxyl groups is 1. The molecule has 0 spiro atoms. The average Bonchev–Trinajstić information content (AvgIpc) is 2.35. The summed E-state index contributed by atoms with van der Waals surface area (Å²) < 4.78 is 23.3. The molecule has 0 aliphatic rings. The molecule has 0 aromatic heterocycles. The SMILES string of the molecule is CC(C)OP(=O)(OC(C)C)C(O)C=Cc1ccccc1. The molecule has 0 aliphatic heterocycles. The van der Waals surface area contributed by atoms with E-state index in [-0.39, 0.29) is 12.2 Å². The van der Waals surface area contributed by atoms with Crippen molar-refractivity contribution >= 4 is 13.7 Å². The van der Waals surface area contributed by atoms with Gasteiger partial charge in [-0.1, -0.05) is 36.4 Å². The van der Waals surface area contributed by atoms with E-state index in [0.717, 1.165) is 5.56 Å². The van der Waals surface area contributed by atoms with Crippen LogP contribution in [0.3, 0.4) is 0 Å². The van der Waals surface area contributed by atoms with Gasteiger partial charge >= 0.3 is 7.60 Å². The van der Waals surface area contributed by atoms with Crippen LogP contribution >= 0.6 is 7.60 Å². The van der Waals surface area contributed by atoms with Gasteiger partial charge in [0.1, 0.15) is 0 Å².